The summed E-state index contributed by atoms with van der Waals surface area (Å²) in [7, 11) is 0. The fraction of sp³-hybridized carbons (Fsp3) is 0.350. The highest BCUT2D eigenvalue weighted by molar-refractivity contribution is 5.56. The number of hydrogen-bond donors (Lipinski definition) is 1. The van der Waals surface area contributed by atoms with Crippen LogP contribution in [0.4, 0.5) is 5.82 Å². The molecule has 1 N–H and O–H groups in total. The van der Waals surface area contributed by atoms with Crippen LogP contribution in [0.25, 0.3) is 11.3 Å². The Morgan fingerprint density at radius 3 is 2.59 bits per heavy atom. The molecule has 7 heteroatoms. The van der Waals surface area contributed by atoms with Crippen molar-refractivity contribution >= 4 is 5.82 Å². The number of nitrogens with one attached hydrogen (secondary N) is 1. The molecule has 0 spiro atoms. The number of rotatable bonds is 4. The summed E-state index contributed by atoms with van der Waals surface area (Å²) in [5, 5.41) is 8.05. The van der Waals surface area contributed by atoms with Crippen molar-refractivity contribution in [1.29, 1.82) is 0 Å². The van der Waals surface area contributed by atoms with Gasteiger partial charge in [0.2, 0.25) is 0 Å². The highest BCUT2D eigenvalue weighted by atomic mass is 16.1. The number of pyridine rings is 1. The van der Waals surface area contributed by atoms with Crippen LogP contribution in [0.15, 0.2) is 53.8 Å². The fourth-order valence-electron chi connectivity index (χ4n) is 3.50. The molecule has 7 nitrogen and oxygen atoms in total. The lowest BCUT2D eigenvalue weighted by atomic mass is 9.91. The molecule has 1 fully saturated rings. The van der Waals surface area contributed by atoms with E-state index in [-0.39, 0.29) is 11.6 Å². The first-order valence-electron chi connectivity index (χ1n) is 9.24. The van der Waals surface area contributed by atoms with Gasteiger partial charge in [-0.2, -0.15) is 5.10 Å². The summed E-state index contributed by atoms with van der Waals surface area (Å²) in [5.74, 6) is 0.804. The molecule has 4 rings (SSSR count). The molecule has 0 bridgehead atoms. The topological polar surface area (TPSA) is 85.6 Å². The van der Waals surface area contributed by atoms with Gasteiger partial charge in [-0.3, -0.25) is 14.8 Å². The van der Waals surface area contributed by atoms with Crippen LogP contribution in [-0.4, -0.2) is 30.8 Å². The Balaban J connectivity index is 1.45. The summed E-state index contributed by atoms with van der Waals surface area (Å²) in [5.41, 5.74) is 2.55. The van der Waals surface area contributed by atoms with Gasteiger partial charge < -0.3 is 5.32 Å². The summed E-state index contributed by atoms with van der Waals surface area (Å²) in [6.07, 6.45) is 10.8. The van der Waals surface area contributed by atoms with Crippen molar-refractivity contribution in [3.63, 3.8) is 0 Å². The first-order valence-corrected chi connectivity index (χ1v) is 9.24. The van der Waals surface area contributed by atoms with Crippen molar-refractivity contribution in [2.45, 2.75) is 44.7 Å². The number of nitrogens with zero attached hydrogens (tertiary/aromatic N) is 5. The summed E-state index contributed by atoms with van der Waals surface area (Å²) in [4.78, 5) is 25.1. The van der Waals surface area contributed by atoms with E-state index in [1.165, 1.54) is 0 Å². The van der Waals surface area contributed by atoms with Gasteiger partial charge in [-0.15, -0.1) is 0 Å². The van der Waals surface area contributed by atoms with Gasteiger partial charge in [-0.05, 0) is 50.8 Å². The Kier molecular flexibility index (Phi) is 4.91. The molecule has 3 aromatic rings. The second kappa shape index (κ2) is 7.65. The molecule has 0 atom stereocenters. The van der Waals surface area contributed by atoms with E-state index in [4.69, 9.17) is 0 Å². The summed E-state index contributed by atoms with van der Waals surface area (Å²) in [6, 6.07) is 7.65. The number of anilines is 1. The van der Waals surface area contributed by atoms with Crippen LogP contribution >= 0.6 is 0 Å². The zero-order chi connectivity index (χ0) is 18.6. The third-order valence-corrected chi connectivity index (χ3v) is 4.96. The largest absolute Gasteiger partial charge is 0.366 e. The second-order valence-corrected chi connectivity index (χ2v) is 6.94. The van der Waals surface area contributed by atoms with Crippen molar-refractivity contribution in [3.05, 3.63) is 65.1 Å². The van der Waals surface area contributed by atoms with Gasteiger partial charge in [0.25, 0.3) is 5.56 Å². The lowest BCUT2D eigenvalue weighted by Crippen LogP contribution is -2.33. The average Bonchev–Trinajstić information content (AvgIpc) is 2.71. The zero-order valence-electron chi connectivity index (χ0n) is 15.2. The van der Waals surface area contributed by atoms with Crippen LogP contribution in [0.1, 0.15) is 37.4 Å². The number of aromatic nitrogens is 5. The predicted octanol–water partition coefficient (Wildman–Crippen LogP) is 3.00. The van der Waals surface area contributed by atoms with Gasteiger partial charge in [0.15, 0.2) is 0 Å². The zero-order valence-corrected chi connectivity index (χ0v) is 15.2. The van der Waals surface area contributed by atoms with Gasteiger partial charge >= 0.3 is 0 Å². The summed E-state index contributed by atoms with van der Waals surface area (Å²) < 4.78 is 1.64. The normalized spacial score (nSPS) is 19.6. The third kappa shape index (κ3) is 4.02. The summed E-state index contributed by atoms with van der Waals surface area (Å²) in [6.45, 7) is 1.92. The molecular formula is C20H22N6O. The van der Waals surface area contributed by atoms with E-state index in [0.29, 0.717) is 6.04 Å². The minimum Gasteiger partial charge on any atom is -0.366 e. The minimum atomic E-state index is -0.0524. The monoisotopic (exact) mass is 362 g/mol. The molecule has 27 heavy (non-hydrogen) atoms. The Labute approximate surface area is 157 Å². The van der Waals surface area contributed by atoms with Crippen molar-refractivity contribution in [1.82, 2.24) is 24.7 Å². The fourth-order valence-corrected chi connectivity index (χ4v) is 3.50. The lowest BCUT2D eigenvalue weighted by molar-refractivity contribution is 0.304. The van der Waals surface area contributed by atoms with E-state index in [1.807, 2.05) is 19.1 Å². The quantitative estimate of drug-likeness (QED) is 0.768. The molecule has 3 heterocycles. The predicted molar refractivity (Wildman–Crippen MR) is 103 cm³/mol. The van der Waals surface area contributed by atoms with E-state index < -0.39 is 0 Å². The molecule has 3 aromatic heterocycles. The maximum absolute atomic E-state index is 12.4. The molecule has 0 saturated heterocycles. The molecule has 0 radical (unpaired) electrons. The smallest absolute Gasteiger partial charge is 0.267 e. The van der Waals surface area contributed by atoms with Crippen molar-refractivity contribution in [2.75, 3.05) is 5.32 Å². The molecule has 0 aromatic carbocycles. The van der Waals surface area contributed by atoms with E-state index in [1.54, 1.807) is 41.6 Å². The molecule has 0 amide bonds. The molecule has 1 aliphatic carbocycles. The first-order chi connectivity index (χ1) is 13.2. The molecule has 1 aliphatic rings. The van der Waals surface area contributed by atoms with Crippen LogP contribution in [-0.2, 0) is 0 Å². The average molecular weight is 362 g/mol. The Bertz CT molecular complexity index is 946. The van der Waals surface area contributed by atoms with Crippen LogP contribution in [0, 0.1) is 6.92 Å². The second-order valence-electron chi connectivity index (χ2n) is 6.94. The Morgan fingerprint density at radius 2 is 1.89 bits per heavy atom. The molecular weight excluding hydrogens is 340 g/mol. The van der Waals surface area contributed by atoms with Crippen molar-refractivity contribution in [3.8, 4) is 11.3 Å². The van der Waals surface area contributed by atoms with E-state index >= 15 is 0 Å². The minimum absolute atomic E-state index is 0.0524. The molecule has 0 aliphatic heterocycles. The van der Waals surface area contributed by atoms with Crippen LogP contribution in [0.5, 0.6) is 0 Å². The van der Waals surface area contributed by atoms with E-state index in [9.17, 15) is 4.79 Å². The number of aryl methyl sites for hydroxylation is 1. The third-order valence-electron chi connectivity index (χ3n) is 4.96. The first kappa shape index (κ1) is 17.3. The SMILES string of the molecule is Cc1cnc(NC2CCC(n3nc(-c4cccnc4)ccc3=O)CC2)cn1. The van der Waals surface area contributed by atoms with Crippen molar-refractivity contribution < 1.29 is 0 Å². The maximum atomic E-state index is 12.4. The molecule has 0 unspecified atom stereocenters. The number of hydrogen-bond acceptors (Lipinski definition) is 6. The van der Waals surface area contributed by atoms with Gasteiger partial charge in [0.05, 0.1) is 29.8 Å². The van der Waals surface area contributed by atoms with Crippen LogP contribution in [0.2, 0.25) is 0 Å². The van der Waals surface area contributed by atoms with E-state index in [2.05, 4.69) is 25.4 Å². The Morgan fingerprint density at radius 1 is 1.04 bits per heavy atom. The van der Waals surface area contributed by atoms with Gasteiger partial charge in [0.1, 0.15) is 5.82 Å². The van der Waals surface area contributed by atoms with Gasteiger partial charge in [-0.1, -0.05) is 0 Å². The molecule has 1 saturated carbocycles. The lowest BCUT2D eigenvalue weighted by Gasteiger charge is -2.29. The molecule has 138 valence electrons. The maximum Gasteiger partial charge on any atom is 0.267 e. The van der Waals surface area contributed by atoms with E-state index in [0.717, 1.165) is 48.5 Å². The van der Waals surface area contributed by atoms with Crippen LogP contribution in [0.3, 0.4) is 0 Å². The van der Waals surface area contributed by atoms with Gasteiger partial charge in [0, 0.05) is 30.1 Å². The van der Waals surface area contributed by atoms with Crippen molar-refractivity contribution in [2.24, 2.45) is 0 Å². The summed E-state index contributed by atoms with van der Waals surface area (Å²) >= 11 is 0. The van der Waals surface area contributed by atoms with Gasteiger partial charge in [-0.25, -0.2) is 9.67 Å². The Hall–Kier alpha value is -3.09. The standard InChI is InChI=1S/C20H22N6O/c1-14-11-23-19(13-22-14)24-16-4-6-17(7-5-16)26-20(27)9-8-18(25-26)15-3-2-10-21-12-15/h2-3,8-13,16-17H,4-7H2,1H3,(H,23,24). The highest BCUT2D eigenvalue weighted by Crippen LogP contribution is 2.29. The van der Waals surface area contributed by atoms with Crippen LogP contribution < -0.4 is 10.9 Å². The highest BCUT2D eigenvalue weighted by Gasteiger charge is 2.24.